The first-order chi connectivity index (χ1) is 5.13. The van der Waals surface area contributed by atoms with Gasteiger partial charge >= 0.3 is 5.97 Å². The first-order valence-electron chi connectivity index (χ1n) is 2.78. The van der Waals surface area contributed by atoms with E-state index in [9.17, 15) is 4.79 Å². The number of nitrogens with zero attached hydrogens (tertiary/aromatic N) is 4. The van der Waals surface area contributed by atoms with Crippen LogP contribution in [0.2, 0.25) is 0 Å². The minimum absolute atomic E-state index is 0.113. The highest BCUT2D eigenvalue weighted by Gasteiger charge is 2.12. The molecule has 0 atom stereocenters. The van der Waals surface area contributed by atoms with E-state index in [0.29, 0.717) is 0 Å². The molecule has 0 bridgehead atoms. The Morgan fingerprint density at radius 1 is 1.73 bits per heavy atom. The summed E-state index contributed by atoms with van der Waals surface area (Å²) in [5, 5.41) is 18.6. The van der Waals surface area contributed by atoms with Gasteiger partial charge in [-0.05, 0) is 10.4 Å². The van der Waals surface area contributed by atoms with Gasteiger partial charge in [0.15, 0.2) is 5.82 Å². The number of carboxylic acids is 1. The van der Waals surface area contributed by atoms with Gasteiger partial charge in [-0.3, -0.25) is 0 Å². The van der Waals surface area contributed by atoms with E-state index >= 15 is 0 Å². The highest BCUT2D eigenvalue weighted by Crippen LogP contribution is 2.04. The molecule has 0 amide bonds. The molecule has 1 aromatic heterocycles. The maximum atomic E-state index is 10.3. The highest BCUT2D eigenvalue weighted by atomic mass is 16.4. The van der Waals surface area contributed by atoms with Gasteiger partial charge in [0.05, 0.1) is 5.57 Å². The molecule has 58 valence electrons. The summed E-state index contributed by atoms with van der Waals surface area (Å²) in [7, 11) is 1.55. The number of hydrogen-bond donors (Lipinski definition) is 1. The maximum absolute atomic E-state index is 10.3. The molecular weight excluding hydrogens is 148 g/mol. The van der Waals surface area contributed by atoms with Crippen LogP contribution < -0.4 is 0 Å². The van der Waals surface area contributed by atoms with E-state index in [2.05, 4.69) is 22.1 Å². The molecule has 0 fully saturated rings. The standard InChI is InChI=1S/C5H6N4O2/c1-3(5(10)11)4-6-7-8-9(4)2/h1H2,2H3,(H,10,11). The summed E-state index contributed by atoms with van der Waals surface area (Å²) in [6, 6.07) is 0. The normalized spacial score (nSPS) is 9.55. The van der Waals surface area contributed by atoms with Gasteiger partial charge in [-0.25, -0.2) is 9.48 Å². The SMILES string of the molecule is C=C(C(=O)O)c1nnnn1C. The summed E-state index contributed by atoms with van der Waals surface area (Å²) >= 11 is 0. The van der Waals surface area contributed by atoms with Crippen LogP contribution in [0.3, 0.4) is 0 Å². The fourth-order valence-corrected chi connectivity index (χ4v) is 0.581. The fourth-order valence-electron chi connectivity index (χ4n) is 0.581. The van der Waals surface area contributed by atoms with Crippen LogP contribution in [0.25, 0.3) is 5.57 Å². The Labute approximate surface area is 62.1 Å². The van der Waals surface area contributed by atoms with Crippen LogP contribution in [-0.4, -0.2) is 31.3 Å². The Balaban J connectivity index is 3.02. The van der Waals surface area contributed by atoms with Crippen LogP contribution in [0.5, 0.6) is 0 Å². The van der Waals surface area contributed by atoms with Crippen molar-refractivity contribution in [1.82, 2.24) is 20.2 Å². The third-order valence-corrected chi connectivity index (χ3v) is 1.15. The first kappa shape index (κ1) is 7.39. The van der Waals surface area contributed by atoms with Crippen molar-refractivity contribution in [2.45, 2.75) is 0 Å². The van der Waals surface area contributed by atoms with Gasteiger partial charge in [-0.1, -0.05) is 6.58 Å². The van der Waals surface area contributed by atoms with Crippen LogP contribution in [0.1, 0.15) is 5.82 Å². The quantitative estimate of drug-likeness (QED) is 0.570. The molecule has 1 N–H and O–H groups in total. The third kappa shape index (κ3) is 1.23. The van der Waals surface area contributed by atoms with Gasteiger partial charge in [0.1, 0.15) is 0 Å². The van der Waals surface area contributed by atoms with E-state index in [4.69, 9.17) is 5.11 Å². The highest BCUT2D eigenvalue weighted by molar-refractivity contribution is 6.13. The molecule has 6 nitrogen and oxygen atoms in total. The first-order valence-corrected chi connectivity index (χ1v) is 2.78. The Kier molecular flexibility index (Phi) is 1.67. The molecule has 0 saturated heterocycles. The summed E-state index contributed by atoms with van der Waals surface area (Å²) in [4.78, 5) is 10.3. The second kappa shape index (κ2) is 2.49. The van der Waals surface area contributed by atoms with Crippen molar-refractivity contribution in [2.24, 2.45) is 7.05 Å². The predicted octanol–water partition coefficient (Wildman–Crippen LogP) is -0.692. The molecule has 0 aliphatic rings. The van der Waals surface area contributed by atoms with Gasteiger partial charge in [-0.15, -0.1) is 5.10 Å². The molecule has 0 aromatic carbocycles. The third-order valence-electron chi connectivity index (χ3n) is 1.15. The van der Waals surface area contributed by atoms with Gasteiger partial charge in [0.2, 0.25) is 0 Å². The Bertz CT molecular complexity index is 303. The molecular formula is C5H6N4O2. The summed E-state index contributed by atoms with van der Waals surface area (Å²) < 4.78 is 1.25. The zero-order valence-electron chi connectivity index (χ0n) is 5.85. The molecule has 0 aliphatic heterocycles. The smallest absolute Gasteiger partial charge is 0.338 e. The lowest BCUT2D eigenvalue weighted by Crippen LogP contribution is -2.05. The number of aliphatic carboxylic acids is 1. The van der Waals surface area contributed by atoms with Crippen molar-refractivity contribution in [3.05, 3.63) is 12.4 Å². The van der Waals surface area contributed by atoms with E-state index in [1.165, 1.54) is 4.68 Å². The van der Waals surface area contributed by atoms with Crippen LogP contribution in [0, 0.1) is 0 Å². The molecule has 1 aromatic rings. The number of aryl methyl sites for hydroxylation is 1. The molecule has 0 unspecified atom stereocenters. The van der Waals surface area contributed by atoms with E-state index in [0.717, 1.165) is 0 Å². The Morgan fingerprint density at radius 2 is 2.36 bits per heavy atom. The van der Waals surface area contributed by atoms with Crippen molar-refractivity contribution in [1.29, 1.82) is 0 Å². The van der Waals surface area contributed by atoms with Crippen molar-refractivity contribution < 1.29 is 9.90 Å². The number of rotatable bonds is 2. The van der Waals surface area contributed by atoms with E-state index < -0.39 is 5.97 Å². The second-order valence-corrected chi connectivity index (χ2v) is 1.91. The lowest BCUT2D eigenvalue weighted by Gasteiger charge is -1.94. The molecule has 1 heterocycles. The fraction of sp³-hybridized carbons (Fsp3) is 0.200. The summed E-state index contributed by atoms with van der Waals surface area (Å²) in [5.41, 5.74) is -0.113. The molecule has 0 radical (unpaired) electrons. The average molecular weight is 154 g/mol. The van der Waals surface area contributed by atoms with E-state index in [1.807, 2.05) is 0 Å². The van der Waals surface area contributed by atoms with Crippen LogP contribution in [0.15, 0.2) is 6.58 Å². The van der Waals surface area contributed by atoms with Gasteiger partial charge in [-0.2, -0.15) is 0 Å². The van der Waals surface area contributed by atoms with E-state index in [1.54, 1.807) is 7.05 Å². The van der Waals surface area contributed by atoms with Gasteiger partial charge < -0.3 is 5.11 Å². The minimum atomic E-state index is -1.12. The van der Waals surface area contributed by atoms with Crippen molar-refractivity contribution in [3.8, 4) is 0 Å². The number of tetrazole rings is 1. The monoisotopic (exact) mass is 154 g/mol. The molecule has 0 spiro atoms. The van der Waals surface area contributed by atoms with E-state index in [-0.39, 0.29) is 11.4 Å². The minimum Gasteiger partial charge on any atom is -0.478 e. The van der Waals surface area contributed by atoms with Gasteiger partial charge in [0.25, 0.3) is 0 Å². The molecule has 0 saturated carbocycles. The number of hydrogen-bond acceptors (Lipinski definition) is 4. The van der Waals surface area contributed by atoms with Crippen molar-refractivity contribution in [2.75, 3.05) is 0 Å². The van der Waals surface area contributed by atoms with Crippen LogP contribution in [-0.2, 0) is 11.8 Å². The molecule has 11 heavy (non-hydrogen) atoms. The predicted molar refractivity (Wildman–Crippen MR) is 35.5 cm³/mol. The van der Waals surface area contributed by atoms with Crippen LogP contribution in [0.4, 0.5) is 0 Å². The summed E-state index contributed by atoms with van der Waals surface area (Å²) in [5.74, 6) is -0.958. The molecule has 0 aliphatic carbocycles. The topological polar surface area (TPSA) is 80.9 Å². The number of carbonyl (C=O) groups is 1. The van der Waals surface area contributed by atoms with Gasteiger partial charge in [0, 0.05) is 7.05 Å². The Morgan fingerprint density at radius 3 is 2.73 bits per heavy atom. The van der Waals surface area contributed by atoms with Crippen molar-refractivity contribution >= 4 is 11.5 Å². The van der Waals surface area contributed by atoms with Crippen LogP contribution >= 0.6 is 0 Å². The van der Waals surface area contributed by atoms with Crippen molar-refractivity contribution in [3.63, 3.8) is 0 Å². The lowest BCUT2D eigenvalue weighted by molar-refractivity contribution is -0.130. The number of aromatic nitrogens is 4. The lowest BCUT2D eigenvalue weighted by atomic mass is 10.3. The summed E-state index contributed by atoms with van der Waals surface area (Å²) in [6.07, 6.45) is 0. The average Bonchev–Trinajstić information content (AvgIpc) is 2.33. The Hall–Kier alpha value is -1.72. The molecule has 1 rings (SSSR count). The number of carboxylic acid groups (broad SMARTS) is 1. The zero-order chi connectivity index (χ0) is 8.43. The molecule has 6 heteroatoms. The largest absolute Gasteiger partial charge is 0.478 e. The second-order valence-electron chi connectivity index (χ2n) is 1.91. The summed E-state index contributed by atoms with van der Waals surface area (Å²) in [6.45, 7) is 3.29. The maximum Gasteiger partial charge on any atom is 0.338 e. The zero-order valence-corrected chi connectivity index (χ0v) is 5.85.